The topological polar surface area (TPSA) is 86.8 Å². The molecule has 0 saturated heterocycles. The number of anilines is 1. The maximum absolute atomic E-state index is 14.9. The number of fused-ring (bicyclic) bond motifs is 1. The van der Waals surface area contributed by atoms with Crippen LogP contribution in [0.1, 0.15) is 24.5 Å². The fourth-order valence-corrected chi connectivity index (χ4v) is 5.61. The summed E-state index contributed by atoms with van der Waals surface area (Å²) < 4.78 is 42.1. The Balaban J connectivity index is 1.78. The van der Waals surface area contributed by atoms with Gasteiger partial charge in [0.05, 0.1) is 11.9 Å². The summed E-state index contributed by atoms with van der Waals surface area (Å²) in [6.45, 7) is 1.55. The number of benzene rings is 4. The summed E-state index contributed by atoms with van der Waals surface area (Å²) in [5.41, 5.74) is 1.38. The number of hydrogen-bond donors (Lipinski definition) is 1. The first kappa shape index (κ1) is 29.7. The lowest BCUT2D eigenvalue weighted by Crippen LogP contribution is -2.53. The van der Waals surface area contributed by atoms with E-state index >= 15 is 0 Å². The molecule has 0 spiro atoms. The second-order valence-corrected chi connectivity index (χ2v) is 11.8. The van der Waals surface area contributed by atoms with E-state index in [9.17, 15) is 22.4 Å². The summed E-state index contributed by atoms with van der Waals surface area (Å²) in [5, 5.41) is 4.35. The molecule has 4 aromatic rings. The van der Waals surface area contributed by atoms with Crippen molar-refractivity contribution in [1.82, 2.24) is 10.2 Å². The molecule has 1 unspecified atom stereocenters. The van der Waals surface area contributed by atoms with Crippen molar-refractivity contribution >= 4 is 38.3 Å². The van der Waals surface area contributed by atoms with Crippen LogP contribution in [0, 0.1) is 5.82 Å². The summed E-state index contributed by atoms with van der Waals surface area (Å²) in [7, 11) is -3.93. The van der Waals surface area contributed by atoms with Crippen molar-refractivity contribution in [3.63, 3.8) is 0 Å². The molecule has 0 aliphatic heterocycles. The van der Waals surface area contributed by atoms with E-state index in [1.165, 1.54) is 11.0 Å². The van der Waals surface area contributed by atoms with E-state index in [1.807, 2.05) is 55.5 Å². The monoisotopic (exact) mass is 575 g/mol. The Bertz CT molecular complexity index is 1610. The molecule has 2 amide bonds. The van der Waals surface area contributed by atoms with E-state index in [0.29, 0.717) is 24.0 Å². The van der Waals surface area contributed by atoms with Crippen LogP contribution in [-0.2, 0) is 32.6 Å². The second kappa shape index (κ2) is 13.4. The number of nitrogens with zero attached hydrogens (tertiary/aromatic N) is 2. The number of amides is 2. The normalized spacial score (nSPS) is 12.1. The van der Waals surface area contributed by atoms with Crippen molar-refractivity contribution in [2.45, 2.75) is 32.4 Å². The molecule has 0 aliphatic rings. The van der Waals surface area contributed by atoms with Crippen molar-refractivity contribution in [3.8, 4) is 0 Å². The molecule has 9 heteroatoms. The van der Waals surface area contributed by atoms with Crippen LogP contribution in [0.15, 0.2) is 97.1 Å². The molecule has 214 valence electrons. The van der Waals surface area contributed by atoms with Gasteiger partial charge in [0.15, 0.2) is 0 Å². The lowest BCUT2D eigenvalue weighted by atomic mass is 10.0. The van der Waals surface area contributed by atoms with Gasteiger partial charge in [-0.1, -0.05) is 91.9 Å². The third-order valence-corrected chi connectivity index (χ3v) is 7.96. The largest absolute Gasteiger partial charge is 0.354 e. The highest BCUT2D eigenvalue weighted by atomic mass is 32.2. The van der Waals surface area contributed by atoms with Crippen LogP contribution in [0.25, 0.3) is 10.8 Å². The van der Waals surface area contributed by atoms with Gasteiger partial charge in [-0.2, -0.15) is 0 Å². The quantitative estimate of drug-likeness (QED) is 0.260. The molecule has 4 rings (SSSR count). The number of carbonyl (C=O) groups is 2. The predicted octanol–water partition coefficient (Wildman–Crippen LogP) is 4.91. The SMILES string of the molecule is CCCNC(=O)C(Cc1ccccc1)N(Cc1ccccc1F)C(=O)CN(c1cccc2ccccc12)S(C)(=O)=O. The number of rotatable bonds is 12. The van der Waals surface area contributed by atoms with E-state index in [4.69, 9.17) is 0 Å². The Kier molecular flexibility index (Phi) is 9.73. The molecule has 0 aliphatic carbocycles. The zero-order valence-corrected chi connectivity index (χ0v) is 24.0. The minimum Gasteiger partial charge on any atom is -0.354 e. The van der Waals surface area contributed by atoms with E-state index in [1.54, 1.807) is 42.5 Å². The Morgan fingerprint density at radius 2 is 1.54 bits per heavy atom. The van der Waals surface area contributed by atoms with Crippen molar-refractivity contribution < 1.29 is 22.4 Å². The molecule has 0 saturated carbocycles. The number of sulfonamides is 1. The van der Waals surface area contributed by atoms with Crippen molar-refractivity contribution in [2.75, 3.05) is 23.7 Å². The molecule has 0 aromatic heterocycles. The van der Waals surface area contributed by atoms with Crippen molar-refractivity contribution in [3.05, 3.63) is 114 Å². The van der Waals surface area contributed by atoms with Crippen LogP contribution in [0.2, 0.25) is 0 Å². The Hall–Kier alpha value is -4.24. The van der Waals surface area contributed by atoms with Gasteiger partial charge in [-0.25, -0.2) is 12.8 Å². The standard InChI is InChI=1S/C32H34FN3O4S/c1-3-20-34-32(38)30(21-24-12-5-4-6-13-24)35(22-26-15-8-10-18-28(26)33)31(37)23-36(41(2,39)40)29-19-11-16-25-14-7-9-17-27(25)29/h4-19,30H,3,20-23H2,1-2H3,(H,34,38). The fraction of sp³-hybridized carbons (Fsp3) is 0.250. The Morgan fingerprint density at radius 3 is 2.24 bits per heavy atom. The van der Waals surface area contributed by atoms with Crippen molar-refractivity contribution in [2.24, 2.45) is 0 Å². The lowest BCUT2D eigenvalue weighted by Gasteiger charge is -2.33. The first-order valence-corrected chi connectivity index (χ1v) is 15.3. The van der Waals surface area contributed by atoms with E-state index in [2.05, 4.69) is 5.32 Å². The molecule has 0 radical (unpaired) electrons. The molecular weight excluding hydrogens is 541 g/mol. The van der Waals surface area contributed by atoms with Crippen LogP contribution in [0.4, 0.5) is 10.1 Å². The van der Waals surface area contributed by atoms with Crippen LogP contribution in [-0.4, -0.2) is 50.5 Å². The van der Waals surface area contributed by atoms with Crippen LogP contribution < -0.4 is 9.62 Å². The van der Waals surface area contributed by atoms with Gasteiger partial charge in [0.25, 0.3) is 0 Å². The van der Waals surface area contributed by atoms with Crippen LogP contribution in [0.5, 0.6) is 0 Å². The number of hydrogen-bond acceptors (Lipinski definition) is 4. The molecule has 4 aromatic carbocycles. The maximum atomic E-state index is 14.9. The highest BCUT2D eigenvalue weighted by Gasteiger charge is 2.33. The Labute approximate surface area is 240 Å². The zero-order valence-electron chi connectivity index (χ0n) is 23.2. The molecule has 0 fully saturated rings. The lowest BCUT2D eigenvalue weighted by molar-refractivity contribution is -0.140. The molecule has 1 atom stereocenters. The molecular formula is C32H34FN3O4S. The first-order valence-electron chi connectivity index (χ1n) is 13.5. The number of halogens is 1. The van der Waals surface area contributed by atoms with Gasteiger partial charge in [0.2, 0.25) is 21.8 Å². The van der Waals surface area contributed by atoms with Gasteiger partial charge >= 0.3 is 0 Å². The highest BCUT2D eigenvalue weighted by Crippen LogP contribution is 2.29. The average Bonchev–Trinajstić information content (AvgIpc) is 2.97. The van der Waals surface area contributed by atoms with Crippen LogP contribution >= 0.6 is 0 Å². The fourth-order valence-electron chi connectivity index (χ4n) is 4.75. The molecule has 7 nitrogen and oxygen atoms in total. The summed E-state index contributed by atoms with van der Waals surface area (Å²) in [6, 6.07) is 26.8. The average molecular weight is 576 g/mol. The third kappa shape index (κ3) is 7.49. The number of carbonyl (C=O) groups excluding carboxylic acids is 2. The van der Waals surface area contributed by atoms with Gasteiger partial charge in [0, 0.05) is 30.5 Å². The van der Waals surface area contributed by atoms with Crippen molar-refractivity contribution in [1.29, 1.82) is 0 Å². The molecule has 0 heterocycles. The van der Waals surface area contributed by atoms with Gasteiger partial charge in [-0.15, -0.1) is 0 Å². The summed E-state index contributed by atoms with van der Waals surface area (Å²) in [5.74, 6) is -1.54. The maximum Gasteiger partial charge on any atom is 0.244 e. The van der Waals surface area contributed by atoms with E-state index < -0.39 is 40.2 Å². The minimum atomic E-state index is -3.93. The zero-order chi connectivity index (χ0) is 29.4. The van der Waals surface area contributed by atoms with Gasteiger partial charge in [0.1, 0.15) is 18.4 Å². The predicted molar refractivity (Wildman–Crippen MR) is 160 cm³/mol. The minimum absolute atomic E-state index is 0.170. The summed E-state index contributed by atoms with van der Waals surface area (Å²) >= 11 is 0. The number of nitrogens with one attached hydrogen (secondary N) is 1. The van der Waals surface area contributed by atoms with Crippen LogP contribution in [0.3, 0.4) is 0 Å². The van der Waals surface area contributed by atoms with Gasteiger partial charge < -0.3 is 10.2 Å². The summed E-state index contributed by atoms with van der Waals surface area (Å²) in [6.07, 6.45) is 1.90. The van der Waals surface area contributed by atoms with E-state index in [-0.39, 0.29) is 18.5 Å². The molecule has 1 N–H and O–H groups in total. The van der Waals surface area contributed by atoms with Gasteiger partial charge in [-0.05, 0) is 29.5 Å². The molecule has 41 heavy (non-hydrogen) atoms. The highest BCUT2D eigenvalue weighted by molar-refractivity contribution is 7.92. The second-order valence-electron chi connectivity index (χ2n) is 9.88. The third-order valence-electron chi connectivity index (χ3n) is 6.83. The summed E-state index contributed by atoms with van der Waals surface area (Å²) in [4.78, 5) is 29.0. The Morgan fingerprint density at radius 1 is 0.878 bits per heavy atom. The smallest absolute Gasteiger partial charge is 0.244 e. The van der Waals surface area contributed by atoms with E-state index in [0.717, 1.165) is 21.5 Å². The first-order chi connectivity index (χ1) is 19.7. The molecule has 0 bridgehead atoms. The van der Waals surface area contributed by atoms with Gasteiger partial charge in [-0.3, -0.25) is 13.9 Å².